The normalized spacial score (nSPS) is 26.6. The molecule has 0 spiro atoms. The monoisotopic (exact) mass is 215 g/mol. The first-order valence-corrected chi connectivity index (χ1v) is 6.09. The van der Waals surface area contributed by atoms with Crippen molar-refractivity contribution >= 4 is 0 Å². The van der Waals surface area contributed by atoms with Gasteiger partial charge in [0.25, 0.3) is 0 Å². The van der Waals surface area contributed by atoms with Crippen LogP contribution in [0.15, 0.2) is 0 Å². The second-order valence-electron chi connectivity index (χ2n) is 4.86. The van der Waals surface area contributed by atoms with Gasteiger partial charge >= 0.3 is 0 Å². The van der Waals surface area contributed by atoms with Crippen LogP contribution in [0.5, 0.6) is 0 Å². The minimum absolute atomic E-state index is 0.213. The molecule has 1 rings (SSSR count). The first-order valence-electron chi connectivity index (χ1n) is 6.09. The number of aliphatic hydroxyl groups is 1. The van der Waals surface area contributed by atoms with E-state index in [1.807, 2.05) is 6.92 Å². The van der Waals surface area contributed by atoms with E-state index in [1.54, 1.807) is 0 Å². The first kappa shape index (κ1) is 12.9. The topological polar surface area (TPSA) is 32.7 Å². The molecule has 3 unspecified atom stereocenters. The summed E-state index contributed by atoms with van der Waals surface area (Å²) in [5.41, 5.74) is 0. The molecule has 90 valence electrons. The van der Waals surface area contributed by atoms with Gasteiger partial charge in [-0.25, -0.2) is 0 Å². The summed E-state index contributed by atoms with van der Waals surface area (Å²) >= 11 is 0. The van der Waals surface area contributed by atoms with Gasteiger partial charge in [-0.2, -0.15) is 0 Å². The maximum atomic E-state index is 9.32. The molecule has 0 aromatic carbocycles. The number of hydrogen-bond donors (Lipinski definition) is 1. The van der Waals surface area contributed by atoms with Gasteiger partial charge in [-0.3, -0.25) is 0 Å². The Balaban J connectivity index is 2.23. The molecule has 3 nitrogen and oxygen atoms in total. The first-order chi connectivity index (χ1) is 7.09. The van der Waals surface area contributed by atoms with Crippen molar-refractivity contribution < 1.29 is 9.84 Å². The van der Waals surface area contributed by atoms with E-state index in [0.717, 1.165) is 19.6 Å². The van der Waals surface area contributed by atoms with Crippen LogP contribution in [0.2, 0.25) is 0 Å². The van der Waals surface area contributed by atoms with Crippen molar-refractivity contribution in [3.63, 3.8) is 0 Å². The third-order valence-electron chi connectivity index (χ3n) is 3.20. The predicted octanol–water partition coefficient (Wildman–Crippen LogP) is 1.65. The van der Waals surface area contributed by atoms with Crippen molar-refractivity contribution in [1.29, 1.82) is 0 Å². The Morgan fingerprint density at radius 1 is 1.40 bits per heavy atom. The quantitative estimate of drug-likeness (QED) is 0.757. The highest BCUT2D eigenvalue weighted by molar-refractivity contribution is 4.72. The molecule has 0 amide bonds. The zero-order chi connectivity index (χ0) is 11.3. The number of aliphatic hydroxyl groups excluding tert-OH is 1. The lowest BCUT2D eigenvalue weighted by molar-refractivity contribution is -0.0102. The number of rotatable bonds is 5. The summed E-state index contributed by atoms with van der Waals surface area (Å²) in [5.74, 6) is 0. The van der Waals surface area contributed by atoms with Gasteiger partial charge in [0.15, 0.2) is 0 Å². The van der Waals surface area contributed by atoms with Crippen molar-refractivity contribution in [2.75, 3.05) is 20.2 Å². The number of ether oxygens (including phenoxy) is 1. The Bertz CT molecular complexity index is 167. The SMILES string of the molecule is CC(O)CC(C)N(C)CC1CCCCO1. The lowest BCUT2D eigenvalue weighted by atomic mass is 10.1. The molecule has 3 heteroatoms. The van der Waals surface area contributed by atoms with Crippen LogP contribution < -0.4 is 0 Å². The highest BCUT2D eigenvalue weighted by atomic mass is 16.5. The zero-order valence-corrected chi connectivity index (χ0v) is 10.3. The minimum atomic E-state index is -0.213. The molecule has 0 radical (unpaired) electrons. The Morgan fingerprint density at radius 3 is 2.67 bits per heavy atom. The Labute approximate surface area is 93.4 Å². The maximum Gasteiger partial charge on any atom is 0.0702 e. The predicted molar refractivity (Wildman–Crippen MR) is 62.0 cm³/mol. The van der Waals surface area contributed by atoms with Crippen LogP contribution >= 0.6 is 0 Å². The van der Waals surface area contributed by atoms with E-state index in [4.69, 9.17) is 4.74 Å². The van der Waals surface area contributed by atoms with Gasteiger partial charge in [-0.15, -0.1) is 0 Å². The van der Waals surface area contributed by atoms with E-state index in [2.05, 4.69) is 18.9 Å². The average molecular weight is 215 g/mol. The van der Waals surface area contributed by atoms with Crippen molar-refractivity contribution in [2.45, 2.75) is 57.8 Å². The Morgan fingerprint density at radius 2 is 2.13 bits per heavy atom. The number of hydrogen-bond acceptors (Lipinski definition) is 3. The summed E-state index contributed by atoms with van der Waals surface area (Å²) in [6.45, 7) is 5.92. The van der Waals surface area contributed by atoms with Crippen LogP contribution in [0.25, 0.3) is 0 Å². The van der Waals surface area contributed by atoms with Crippen molar-refractivity contribution in [2.24, 2.45) is 0 Å². The van der Waals surface area contributed by atoms with E-state index < -0.39 is 0 Å². The van der Waals surface area contributed by atoms with Gasteiger partial charge < -0.3 is 14.7 Å². The van der Waals surface area contributed by atoms with Crippen LogP contribution in [0, 0.1) is 0 Å². The van der Waals surface area contributed by atoms with Gasteiger partial charge in [-0.1, -0.05) is 0 Å². The fourth-order valence-corrected chi connectivity index (χ4v) is 2.13. The molecule has 0 aliphatic carbocycles. The summed E-state index contributed by atoms with van der Waals surface area (Å²) in [6.07, 6.45) is 4.72. The fourth-order valence-electron chi connectivity index (χ4n) is 2.13. The van der Waals surface area contributed by atoms with E-state index in [1.165, 1.54) is 19.3 Å². The molecular weight excluding hydrogens is 190 g/mol. The van der Waals surface area contributed by atoms with Crippen LogP contribution in [0.4, 0.5) is 0 Å². The highest BCUT2D eigenvalue weighted by Gasteiger charge is 2.19. The van der Waals surface area contributed by atoms with Crippen LogP contribution in [-0.4, -0.2) is 48.5 Å². The molecule has 1 N–H and O–H groups in total. The second-order valence-corrected chi connectivity index (χ2v) is 4.86. The standard InChI is InChI=1S/C12H25NO2/c1-10(8-11(2)14)13(3)9-12-6-4-5-7-15-12/h10-12,14H,4-9H2,1-3H3. The van der Waals surface area contributed by atoms with Crippen LogP contribution in [0.3, 0.4) is 0 Å². The van der Waals surface area contributed by atoms with Crippen LogP contribution in [0.1, 0.15) is 39.5 Å². The van der Waals surface area contributed by atoms with Gasteiger partial charge in [0.1, 0.15) is 0 Å². The summed E-state index contributed by atoms with van der Waals surface area (Å²) < 4.78 is 5.70. The number of nitrogens with zero attached hydrogens (tertiary/aromatic N) is 1. The largest absolute Gasteiger partial charge is 0.393 e. The summed E-state index contributed by atoms with van der Waals surface area (Å²) in [5, 5.41) is 9.32. The third-order valence-corrected chi connectivity index (χ3v) is 3.20. The summed E-state index contributed by atoms with van der Waals surface area (Å²) in [7, 11) is 2.12. The molecule has 1 heterocycles. The van der Waals surface area contributed by atoms with Crippen molar-refractivity contribution in [3.05, 3.63) is 0 Å². The molecule has 3 atom stereocenters. The fraction of sp³-hybridized carbons (Fsp3) is 1.00. The smallest absolute Gasteiger partial charge is 0.0702 e. The summed E-state index contributed by atoms with van der Waals surface area (Å²) in [4.78, 5) is 2.29. The van der Waals surface area contributed by atoms with Gasteiger partial charge in [0.2, 0.25) is 0 Å². The molecule has 1 saturated heterocycles. The maximum absolute atomic E-state index is 9.32. The van der Waals surface area contributed by atoms with E-state index in [9.17, 15) is 5.11 Å². The third kappa shape index (κ3) is 4.96. The Kier molecular flexibility index (Phi) is 5.58. The second kappa shape index (κ2) is 6.46. The minimum Gasteiger partial charge on any atom is -0.393 e. The molecule has 1 aliphatic rings. The van der Waals surface area contributed by atoms with E-state index in [-0.39, 0.29) is 6.10 Å². The molecule has 0 aromatic heterocycles. The Hall–Kier alpha value is -0.120. The molecule has 1 aliphatic heterocycles. The number of likely N-dealkylation sites (N-methyl/N-ethyl adjacent to an activating group) is 1. The van der Waals surface area contributed by atoms with Gasteiger partial charge in [0, 0.05) is 19.2 Å². The van der Waals surface area contributed by atoms with Crippen molar-refractivity contribution in [1.82, 2.24) is 4.90 Å². The molecule has 0 aromatic rings. The highest BCUT2D eigenvalue weighted by Crippen LogP contribution is 2.15. The average Bonchev–Trinajstić information content (AvgIpc) is 2.18. The van der Waals surface area contributed by atoms with Gasteiger partial charge in [-0.05, 0) is 46.6 Å². The molecule has 0 bridgehead atoms. The van der Waals surface area contributed by atoms with Crippen LogP contribution in [-0.2, 0) is 4.74 Å². The molecule has 0 saturated carbocycles. The molecular formula is C12H25NO2. The van der Waals surface area contributed by atoms with Crippen molar-refractivity contribution in [3.8, 4) is 0 Å². The molecule has 1 fully saturated rings. The lowest BCUT2D eigenvalue weighted by Crippen LogP contribution is -2.39. The van der Waals surface area contributed by atoms with E-state index >= 15 is 0 Å². The van der Waals surface area contributed by atoms with Gasteiger partial charge in [0.05, 0.1) is 12.2 Å². The summed E-state index contributed by atoms with van der Waals surface area (Å²) in [6, 6.07) is 0.426. The van der Waals surface area contributed by atoms with E-state index in [0.29, 0.717) is 12.1 Å². The molecule has 15 heavy (non-hydrogen) atoms. The zero-order valence-electron chi connectivity index (χ0n) is 10.3. The lowest BCUT2D eigenvalue weighted by Gasteiger charge is -2.31.